The fourth-order valence-corrected chi connectivity index (χ4v) is 4.59. The molecule has 2 amide bonds. The highest BCUT2D eigenvalue weighted by Crippen LogP contribution is 2.39. The number of anilines is 2. The minimum absolute atomic E-state index is 0.0417. The van der Waals surface area contributed by atoms with Crippen LogP contribution in [0.15, 0.2) is 79.0 Å². The van der Waals surface area contributed by atoms with Gasteiger partial charge in [-0.05, 0) is 74.3 Å². The molecule has 192 valence electrons. The van der Waals surface area contributed by atoms with Crippen LogP contribution in [-0.4, -0.2) is 60.8 Å². The number of carbonyl (C=O) groups is 2. The highest BCUT2D eigenvalue weighted by atomic mass is 35.5. The Hall–Kier alpha value is -4.20. The molecule has 5 rings (SSSR count). The number of hydrogen-bond donors (Lipinski definition) is 2. The molecule has 0 atom stereocenters. The van der Waals surface area contributed by atoms with E-state index in [0.717, 1.165) is 34.3 Å². The van der Waals surface area contributed by atoms with Crippen molar-refractivity contribution < 1.29 is 9.59 Å². The van der Waals surface area contributed by atoms with Gasteiger partial charge in [0, 0.05) is 53.6 Å². The van der Waals surface area contributed by atoms with Gasteiger partial charge in [0.25, 0.3) is 11.8 Å². The molecule has 0 fully saturated rings. The number of nitrogens with zero attached hydrogens (tertiary/aromatic N) is 3. The molecule has 38 heavy (non-hydrogen) atoms. The molecule has 4 aromatic rings. The molecule has 1 aliphatic heterocycles. The summed E-state index contributed by atoms with van der Waals surface area (Å²) in [6.45, 7) is 1.42. The van der Waals surface area contributed by atoms with Gasteiger partial charge in [-0.3, -0.25) is 14.6 Å². The number of likely N-dealkylation sites (N-methyl/N-ethyl adjacent to an activating group) is 2. The minimum Gasteiger partial charge on any atom is -0.354 e. The summed E-state index contributed by atoms with van der Waals surface area (Å²) in [6.07, 6.45) is 1.75. The van der Waals surface area contributed by atoms with Crippen LogP contribution in [0.5, 0.6) is 0 Å². The van der Waals surface area contributed by atoms with Gasteiger partial charge in [-0.1, -0.05) is 29.8 Å². The summed E-state index contributed by atoms with van der Waals surface area (Å²) in [5.41, 5.74) is 5.65. The highest BCUT2D eigenvalue weighted by molar-refractivity contribution is 6.38. The second kappa shape index (κ2) is 10.7. The summed E-state index contributed by atoms with van der Waals surface area (Å²) in [4.78, 5) is 34.3. The van der Waals surface area contributed by atoms with Crippen LogP contribution in [0.25, 0.3) is 22.2 Å². The van der Waals surface area contributed by atoms with Crippen LogP contribution in [0.4, 0.5) is 11.4 Å². The maximum Gasteiger partial charge on any atom is 0.258 e. The molecular formula is C30H28ClN5O2. The molecule has 0 saturated carbocycles. The lowest BCUT2D eigenvalue weighted by Gasteiger charge is -2.20. The van der Waals surface area contributed by atoms with Gasteiger partial charge >= 0.3 is 0 Å². The van der Waals surface area contributed by atoms with Crippen molar-refractivity contribution in [1.82, 2.24) is 14.8 Å². The molecular weight excluding hydrogens is 498 g/mol. The van der Waals surface area contributed by atoms with Crippen molar-refractivity contribution in [3.8, 4) is 0 Å². The Kier molecular flexibility index (Phi) is 7.13. The van der Waals surface area contributed by atoms with E-state index in [1.807, 2.05) is 67.5 Å². The largest absolute Gasteiger partial charge is 0.354 e. The molecule has 0 aliphatic carbocycles. The zero-order chi connectivity index (χ0) is 26.8. The van der Waals surface area contributed by atoms with Crippen molar-refractivity contribution in [2.24, 2.45) is 0 Å². The number of carbonyl (C=O) groups excluding carboxylic acids is 2. The van der Waals surface area contributed by atoms with Gasteiger partial charge < -0.3 is 20.4 Å². The van der Waals surface area contributed by atoms with Gasteiger partial charge in [-0.25, -0.2) is 0 Å². The number of nitrogens with one attached hydrogen (secondary N) is 2. The lowest BCUT2D eigenvalue weighted by molar-refractivity contribution is -0.110. The second-order valence-corrected chi connectivity index (χ2v) is 9.97. The average Bonchev–Trinajstić information content (AvgIpc) is 3.24. The maximum atomic E-state index is 13.2. The van der Waals surface area contributed by atoms with Crippen LogP contribution in [0.2, 0.25) is 5.02 Å². The van der Waals surface area contributed by atoms with Crippen molar-refractivity contribution in [2.75, 3.05) is 44.9 Å². The number of benzene rings is 3. The van der Waals surface area contributed by atoms with Crippen LogP contribution in [0.1, 0.15) is 21.5 Å². The Bertz CT molecular complexity index is 1560. The Labute approximate surface area is 226 Å². The number of halogens is 1. The van der Waals surface area contributed by atoms with Crippen molar-refractivity contribution in [1.29, 1.82) is 0 Å². The highest BCUT2D eigenvalue weighted by Gasteiger charge is 2.29. The van der Waals surface area contributed by atoms with Crippen LogP contribution in [-0.2, 0) is 4.79 Å². The average molecular weight is 526 g/mol. The summed E-state index contributed by atoms with van der Waals surface area (Å²) >= 11 is 6.18. The SMILES string of the molecule is CN(C)CCN(C)C(=O)c1ccc(NC(=C2C(=O)Nc3cc(Cl)ccc32)c2ccc3ncccc3c2)cc1. The summed E-state index contributed by atoms with van der Waals surface area (Å²) in [5.74, 6) is -0.259. The number of fused-ring (bicyclic) bond motifs is 2. The topological polar surface area (TPSA) is 77.6 Å². The number of hydrogen-bond acceptors (Lipinski definition) is 5. The Morgan fingerprint density at radius 2 is 1.71 bits per heavy atom. The van der Waals surface area contributed by atoms with Gasteiger partial charge in [0.05, 0.1) is 22.5 Å². The van der Waals surface area contributed by atoms with Gasteiger partial charge in [-0.2, -0.15) is 0 Å². The molecule has 1 aromatic heterocycles. The Balaban J connectivity index is 1.53. The van der Waals surface area contributed by atoms with Gasteiger partial charge in [-0.15, -0.1) is 0 Å². The smallest absolute Gasteiger partial charge is 0.258 e. The van der Waals surface area contributed by atoms with E-state index in [4.69, 9.17) is 11.6 Å². The van der Waals surface area contributed by atoms with E-state index in [0.29, 0.717) is 34.1 Å². The predicted octanol–water partition coefficient (Wildman–Crippen LogP) is 5.45. The number of amides is 2. The van der Waals surface area contributed by atoms with Crippen molar-refractivity contribution in [3.63, 3.8) is 0 Å². The summed E-state index contributed by atoms with van der Waals surface area (Å²) in [5, 5.41) is 7.90. The molecule has 0 spiro atoms. The number of rotatable bonds is 7. The lowest BCUT2D eigenvalue weighted by atomic mass is 9.99. The van der Waals surface area contributed by atoms with Crippen molar-refractivity contribution >= 4 is 57.0 Å². The summed E-state index contributed by atoms with van der Waals surface area (Å²) < 4.78 is 0. The molecule has 0 bridgehead atoms. The normalized spacial score (nSPS) is 13.9. The van der Waals surface area contributed by atoms with E-state index in [2.05, 4.69) is 15.6 Å². The molecule has 7 nitrogen and oxygen atoms in total. The Morgan fingerprint density at radius 1 is 0.947 bits per heavy atom. The van der Waals surface area contributed by atoms with Crippen molar-refractivity contribution in [2.45, 2.75) is 0 Å². The molecule has 2 N–H and O–H groups in total. The van der Waals surface area contributed by atoms with Gasteiger partial charge in [0.1, 0.15) is 0 Å². The third kappa shape index (κ3) is 5.25. The molecule has 3 aromatic carbocycles. The standard InChI is InChI=1S/C30H28ClN5O2/c1-35(2)15-16-36(3)30(38)19-6-10-23(11-7-19)33-28(21-8-13-25-20(17-21)5-4-14-32-25)27-24-12-9-22(31)18-26(24)34-29(27)37/h4-14,17-18,33H,15-16H2,1-3H3,(H,34,37). The van der Waals surface area contributed by atoms with Gasteiger partial charge in [0.15, 0.2) is 0 Å². The molecule has 0 saturated heterocycles. The first kappa shape index (κ1) is 25.4. The van der Waals surface area contributed by atoms with E-state index >= 15 is 0 Å². The van der Waals surface area contributed by atoms with Crippen LogP contribution in [0, 0.1) is 0 Å². The molecule has 1 aliphatic rings. The maximum absolute atomic E-state index is 13.2. The summed E-state index contributed by atoms with van der Waals surface area (Å²) in [7, 11) is 5.76. The first-order chi connectivity index (χ1) is 18.3. The van der Waals surface area contributed by atoms with Crippen LogP contribution in [0.3, 0.4) is 0 Å². The molecule has 0 radical (unpaired) electrons. The second-order valence-electron chi connectivity index (χ2n) is 9.54. The fraction of sp³-hybridized carbons (Fsp3) is 0.167. The first-order valence-corrected chi connectivity index (χ1v) is 12.7. The minimum atomic E-state index is -0.217. The van der Waals surface area contributed by atoms with E-state index in [-0.39, 0.29) is 11.8 Å². The quantitative estimate of drug-likeness (QED) is 0.314. The van der Waals surface area contributed by atoms with Gasteiger partial charge in [0.2, 0.25) is 0 Å². The molecule has 2 heterocycles. The predicted molar refractivity (Wildman–Crippen MR) is 154 cm³/mol. The fourth-order valence-electron chi connectivity index (χ4n) is 4.42. The molecule has 8 heteroatoms. The lowest BCUT2D eigenvalue weighted by Crippen LogP contribution is -2.33. The van der Waals surface area contributed by atoms with Crippen LogP contribution >= 0.6 is 11.6 Å². The van der Waals surface area contributed by atoms with Crippen LogP contribution < -0.4 is 10.6 Å². The van der Waals surface area contributed by atoms with E-state index < -0.39 is 0 Å². The zero-order valence-electron chi connectivity index (χ0n) is 21.5. The number of aromatic nitrogens is 1. The third-order valence-corrected chi connectivity index (χ3v) is 6.73. The van der Waals surface area contributed by atoms with E-state index in [9.17, 15) is 9.59 Å². The van der Waals surface area contributed by atoms with E-state index in [1.165, 1.54) is 0 Å². The monoisotopic (exact) mass is 525 g/mol. The third-order valence-electron chi connectivity index (χ3n) is 6.50. The Morgan fingerprint density at radius 3 is 2.47 bits per heavy atom. The van der Waals surface area contributed by atoms with E-state index in [1.54, 1.807) is 42.4 Å². The van der Waals surface area contributed by atoms with Crippen molar-refractivity contribution in [3.05, 3.63) is 101 Å². The molecule has 0 unspecified atom stereocenters. The number of pyridine rings is 1. The summed E-state index contributed by atoms with van der Waals surface area (Å²) in [6, 6.07) is 22.4. The zero-order valence-corrected chi connectivity index (χ0v) is 22.2. The first-order valence-electron chi connectivity index (χ1n) is 12.3.